The van der Waals surface area contributed by atoms with E-state index in [0.29, 0.717) is 18.9 Å². The van der Waals surface area contributed by atoms with Gasteiger partial charge < -0.3 is 24.8 Å². The van der Waals surface area contributed by atoms with Gasteiger partial charge in [0, 0.05) is 11.8 Å². The average molecular weight is 964 g/mol. The molecule has 3 N–H and O–H groups in total. The van der Waals surface area contributed by atoms with Crippen LogP contribution in [0.25, 0.3) is 0 Å². The molecule has 18 heteroatoms. The Morgan fingerprint density at radius 2 is 1.39 bits per heavy atom. The van der Waals surface area contributed by atoms with E-state index < -0.39 is 66.4 Å². The number of aliphatic hydroxyl groups is 3. The molecule has 0 aliphatic heterocycles. The fourth-order valence-corrected chi connectivity index (χ4v) is 4.28. The fourth-order valence-electron chi connectivity index (χ4n) is 3.47. The lowest BCUT2D eigenvalue weighted by Gasteiger charge is -2.36. The monoisotopic (exact) mass is 962 g/mol. The van der Waals surface area contributed by atoms with Gasteiger partial charge in [-0.1, -0.05) is 88.5 Å². The van der Waals surface area contributed by atoms with Crippen molar-refractivity contribution in [3.63, 3.8) is 0 Å². The minimum atomic E-state index is -4.30. The first kappa shape index (κ1) is 50.3. The van der Waals surface area contributed by atoms with Gasteiger partial charge in [0.05, 0.1) is 19.7 Å². The standard InChI is InChI=1S/C19H31Cl3O6.C5H6F3I.C4H4F3IO/c1-7-8-11(2)15(28-17(26)27-10-19(20,21)22)13(4)16(25)18(5,6)12(3)9-14(23)24;1-2-3-4(9)5(6,7)8;5-4(6,7)3(8)1-2-9/h7,11-15,23-24H,1,8-10H2,2-6H3;3H,2H2,1H3;1,9H,2H2/b;4-3-;3-1-/t11-,12-,13+,15-;;/m0../s1. The number of alkyl halides is 9. The Labute approximate surface area is 308 Å². The zero-order valence-corrected chi connectivity index (χ0v) is 32.6. The Morgan fingerprint density at radius 1 is 0.935 bits per heavy atom. The summed E-state index contributed by atoms with van der Waals surface area (Å²) in [5.74, 6) is -1.38. The van der Waals surface area contributed by atoms with E-state index in [1.807, 2.05) is 6.92 Å². The summed E-state index contributed by atoms with van der Waals surface area (Å²) in [6.07, 6.45) is -7.28. The molecule has 46 heavy (non-hydrogen) atoms. The Bertz CT molecular complexity index is 956. The van der Waals surface area contributed by atoms with E-state index in [-0.39, 0.29) is 24.0 Å². The summed E-state index contributed by atoms with van der Waals surface area (Å²) in [6, 6.07) is 0. The van der Waals surface area contributed by atoms with Gasteiger partial charge in [-0.2, -0.15) is 26.3 Å². The van der Waals surface area contributed by atoms with Crippen LogP contribution in [0.3, 0.4) is 0 Å². The molecule has 0 heterocycles. The number of aliphatic hydroxyl groups excluding tert-OH is 2. The van der Waals surface area contributed by atoms with Gasteiger partial charge in [0.15, 0.2) is 6.29 Å². The quantitative estimate of drug-likeness (QED) is 0.0421. The van der Waals surface area contributed by atoms with Crippen LogP contribution in [0.15, 0.2) is 32.0 Å². The van der Waals surface area contributed by atoms with Gasteiger partial charge in [-0.15, -0.1) is 6.58 Å². The number of allylic oxidation sites excluding steroid dienone is 4. The molecule has 0 aliphatic rings. The highest BCUT2D eigenvalue weighted by Gasteiger charge is 2.42. The number of carbonyl (C=O) groups excluding carboxylic acids is 2. The van der Waals surface area contributed by atoms with Crippen LogP contribution in [0, 0.1) is 23.2 Å². The van der Waals surface area contributed by atoms with Crippen LogP contribution < -0.4 is 0 Å². The van der Waals surface area contributed by atoms with Gasteiger partial charge in [-0.25, -0.2) is 4.79 Å². The molecule has 0 bridgehead atoms. The molecule has 0 radical (unpaired) electrons. The van der Waals surface area contributed by atoms with Crippen LogP contribution in [0.2, 0.25) is 0 Å². The largest absolute Gasteiger partial charge is 0.508 e. The number of rotatable bonds is 13. The second-order valence-corrected chi connectivity index (χ2v) is 15.3. The molecule has 0 spiro atoms. The SMILES string of the molecule is C=CC[C@H](C)[C@H](OC(=O)OCC(Cl)(Cl)Cl)[C@@H](C)C(=O)C(C)(C)[C@@H](C)CC(O)O.CC/C=C(\I)C(F)(F)F.OC/C=C(\I)C(F)(F)F. The van der Waals surface area contributed by atoms with Crippen molar-refractivity contribution in [2.24, 2.45) is 23.2 Å². The topological polar surface area (TPSA) is 113 Å². The summed E-state index contributed by atoms with van der Waals surface area (Å²) in [7, 11) is 0. The Balaban J connectivity index is -0.000000831. The van der Waals surface area contributed by atoms with E-state index >= 15 is 0 Å². The van der Waals surface area contributed by atoms with E-state index in [9.17, 15) is 46.1 Å². The maximum absolute atomic E-state index is 13.2. The number of halogens is 11. The van der Waals surface area contributed by atoms with Crippen LogP contribution in [-0.2, 0) is 14.3 Å². The summed E-state index contributed by atoms with van der Waals surface area (Å²) in [6.45, 7) is 13.0. The lowest BCUT2D eigenvalue weighted by atomic mass is 9.69. The Hall–Kier alpha value is -0.0500. The first-order valence-electron chi connectivity index (χ1n) is 13.5. The molecule has 0 aliphatic carbocycles. The number of hydrogen-bond acceptors (Lipinski definition) is 7. The lowest BCUT2D eigenvalue weighted by Crippen LogP contribution is -2.44. The highest BCUT2D eigenvalue weighted by Crippen LogP contribution is 2.37. The molecule has 0 saturated heterocycles. The smallest absolute Gasteiger partial charge is 0.430 e. The third-order valence-electron chi connectivity index (χ3n) is 6.22. The van der Waals surface area contributed by atoms with Crippen molar-refractivity contribution in [1.29, 1.82) is 0 Å². The normalized spacial score (nSPS) is 15.8. The van der Waals surface area contributed by atoms with E-state index in [2.05, 4.69) is 6.58 Å². The molecule has 0 fully saturated rings. The number of carbonyl (C=O) groups is 2. The molecule has 0 amide bonds. The average Bonchev–Trinajstić information content (AvgIpc) is 2.89. The lowest BCUT2D eigenvalue weighted by molar-refractivity contribution is -0.141. The molecule has 0 rings (SSSR count). The first-order chi connectivity index (χ1) is 20.6. The first-order valence-corrected chi connectivity index (χ1v) is 16.8. The summed E-state index contributed by atoms with van der Waals surface area (Å²) in [4.78, 5) is 25.2. The van der Waals surface area contributed by atoms with Crippen molar-refractivity contribution in [2.45, 2.75) is 89.3 Å². The predicted octanol–water partition coefficient (Wildman–Crippen LogP) is 9.80. The van der Waals surface area contributed by atoms with Crippen LogP contribution >= 0.6 is 80.0 Å². The van der Waals surface area contributed by atoms with E-state index in [1.165, 1.54) is 22.6 Å². The van der Waals surface area contributed by atoms with Gasteiger partial charge in [0.25, 0.3) is 0 Å². The number of ether oxygens (including phenoxy) is 2. The summed E-state index contributed by atoms with van der Waals surface area (Å²) < 4.78 is 76.1. The molecule has 0 aromatic rings. The van der Waals surface area contributed by atoms with E-state index in [4.69, 9.17) is 49.4 Å². The minimum absolute atomic E-state index is 0.0461. The van der Waals surface area contributed by atoms with Gasteiger partial charge in [-0.05, 0) is 75.9 Å². The number of Topliss-reactive ketones (excluding diaryl/α,β-unsaturated/α-hetero) is 1. The minimum Gasteiger partial charge on any atom is -0.430 e. The van der Waals surface area contributed by atoms with Crippen molar-refractivity contribution < 1.29 is 60.7 Å². The van der Waals surface area contributed by atoms with Gasteiger partial charge in [-0.3, -0.25) is 4.79 Å². The van der Waals surface area contributed by atoms with Crippen molar-refractivity contribution in [1.82, 2.24) is 0 Å². The van der Waals surface area contributed by atoms with Crippen LogP contribution in [-0.4, -0.2) is 69.0 Å². The maximum Gasteiger partial charge on any atom is 0.508 e. The highest BCUT2D eigenvalue weighted by atomic mass is 127. The molecule has 0 aromatic carbocycles. The molecular weight excluding hydrogens is 922 g/mol. The second kappa shape index (κ2) is 23.4. The number of hydrogen-bond donors (Lipinski definition) is 3. The molecule has 0 unspecified atom stereocenters. The van der Waals surface area contributed by atoms with Crippen LogP contribution in [0.5, 0.6) is 0 Å². The van der Waals surface area contributed by atoms with E-state index in [1.54, 1.807) is 40.7 Å². The molecule has 4 atom stereocenters. The molecule has 7 nitrogen and oxygen atoms in total. The molecule has 0 saturated carbocycles. The predicted molar refractivity (Wildman–Crippen MR) is 184 cm³/mol. The van der Waals surface area contributed by atoms with Gasteiger partial charge in [0.1, 0.15) is 18.5 Å². The van der Waals surface area contributed by atoms with Crippen LogP contribution in [0.1, 0.15) is 60.8 Å². The Kier molecular flexibility index (Phi) is 25.6. The van der Waals surface area contributed by atoms with E-state index in [0.717, 1.165) is 28.7 Å². The Morgan fingerprint density at radius 3 is 1.70 bits per heavy atom. The van der Waals surface area contributed by atoms with Crippen LogP contribution in [0.4, 0.5) is 31.1 Å². The fraction of sp³-hybridized carbons (Fsp3) is 0.714. The van der Waals surface area contributed by atoms with Crippen molar-refractivity contribution in [2.75, 3.05) is 13.2 Å². The maximum atomic E-state index is 13.2. The van der Waals surface area contributed by atoms with Crippen molar-refractivity contribution in [3.05, 3.63) is 32.0 Å². The summed E-state index contributed by atoms with van der Waals surface area (Å²) >= 11 is 19.1. The summed E-state index contributed by atoms with van der Waals surface area (Å²) in [5.41, 5.74) is -0.875. The number of ketones is 1. The third kappa shape index (κ3) is 23.3. The van der Waals surface area contributed by atoms with Gasteiger partial charge in [0.2, 0.25) is 3.79 Å². The third-order valence-corrected chi connectivity index (χ3v) is 8.65. The highest BCUT2D eigenvalue weighted by molar-refractivity contribution is 14.1. The second-order valence-electron chi connectivity index (χ2n) is 10.4. The van der Waals surface area contributed by atoms with Crippen molar-refractivity contribution >= 4 is 91.9 Å². The molecule has 272 valence electrons. The molecule has 0 aromatic heterocycles. The zero-order valence-electron chi connectivity index (χ0n) is 26.0. The summed E-state index contributed by atoms with van der Waals surface area (Å²) in [5, 5.41) is 26.5. The zero-order chi connectivity index (χ0) is 37.3. The van der Waals surface area contributed by atoms with Gasteiger partial charge >= 0.3 is 18.5 Å². The molecular formula is C28H41Cl3F6I2O7. The van der Waals surface area contributed by atoms with Crippen molar-refractivity contribution in [3.8, 4) is 0 Å².